The van der Waals surface area contributed by atoms with Crippen LogP contribution in [0.25, 0.3) is 0 Å². The summed E-state index contributed by atoms with van der Waals surface area (Å²) in [4.78, 5) is 6.64. The molecular weight excluding hydrogens is 226 g/mol. The molecular formula is C10H17N3O2S. The monoisotopic (exact) mass is 243 g/mol. The van der Waals surface area contributed by atoms with Crippen molar-refractivity contribution in [2.24, 2.45) is 0 Å². The van der Waals surface area contributed by atoms with Crippen LogP contribution in [-0.2, 0) is 10.0 Å². The maximum Gasteiger partial charge on any atom is 0.260 e. The van der Waals surface area contributed by atoms with Crippen molar-refractivity contribution in [2.45, 2.75) is 25.3 Å². The Hall–Kier alpha value is -1.14. The molecule has 0 aromatic carbocycles. The van der Waals surface area contributed by atoms with Gasteiger partial charge in [0.2, 0.25) is 0 Å². The molecule has 6 heteroatoms. The average Bonchev–Trinajstić information content (AvgIpc) is 2.65. The number of sulfonamides is 1. The SMILES string of the molecule is C=CCN(CCC)S(=O)(=O)c1cnc(C)[nH]1. The van der Waals surface area contributed by atoms with E-state index in [0.717, 1.165) is 6.42 Å². The van der Waals surface area contributed by atoms with Crippen LogP contribution in [0.3, 0.4) is 0 Å². The second-order valence-corrected chi connectivity index (χ2v) is 5.39. The van der Waals surface area contributed by atoms with Crippen LogP contribution in [0.15, 0.2) is 23.9 Å². The fourth-order valence-electron chi connectivity index (χ4n) is 1.37. The summed E-state index contributed by atoms with van der Waals surface area (Å²) in [7, 11) is -3.46. The summed E-state index contributed by atoms with van der Waals surface area (Å²) >= 11 is 0. The molecule has 0 spiro atoms. The summed E-state index contributed by atoms with van der Waals surface area (Å²) < 4.78 is 25.6. The average molecular weight is 243 g/mol. The molecule has 0 radical (unpaired) electrons. The van der Waals surface area contributed by atoms with E-state index in [1.807, 2.05) is 6.92 Å². The molecule has 0 atom stereocenters. The van der Waals surface area contributed by atoms with Gasteiger partial charge in [-0.2, -0.15) is 4.31 Å². The summed E-state index contributed by atoms with van der Waals surface area (Å²) in [5, 5.41) is 0.139. The van der Waals surface area contributed by atoms with Gasteiger partial charge in [0.15, 0.2) is 5.03 Å². The summed E-state index contributed by atoms with van der Waals surface area (Å²) in [6.45, 7) is 8.01. The minimum Gasteiger partial charge on any atom is -0.332 e. The molecule has 0 aliphatic heterocycles. The lowest BCUT2D eigenvalue weighted by Gasteiger charge is -2.18. The molecule has 1 heterocycles. The van der Waals surface area contributed by atoms with E-state index in [-0.39, 0.29) is 5.03 Å². The van der Waals surface area contributed by atoms with Crippen LogP contribution in [0.5, 0.6) is 0 Å². The van der Waals surface area contributed by atoms with Gasteiger partial charge in [0.25, 0.3) is 10.0 Å². The Labute approximate surface area is 96.2 Å². The first-order valence-corrected chi connectivity index (χ1v) is 6.59. The molecule has 1 aromatic heterocycles. The number of imidazole rings is 1. The molecule has 0 fully saturated rings. The number of aromatic amines is 1. The van der Waals surface area contributed by atoms with Gasteiger partial charge < -0.3 is 4.98 Å². The Morgan fingerprint density at radius 3 is 2.75 bits per heavy atom. The van der Waals surface area contributed by atoms with Crippen molar-refractivity contribution in [2.75, 3.05) is 13.1 Å². The fraction of sp³-hybridized carbons (Fsp3) is 0.500. The van der Waals surface area contributed by atoms with Crippen molar-refractivity contribution in [3.05, 3.63) is 24.7 Å². The van der Waals surface area contributed by atoms with Crippen LogP contribution >= 0.6 is 0 Å². The Morgan fingerprint density at radius 2 is 2.31 bits per heavy atom. The number of H-pyrrole nitrogens is 1. The molecule has 0 amide bonds. The van der Waals surface area contributed by atoms with Crippen molar-refractivity contribution in [3.8, 4) is 0 Å². The highest BCUT2D eigenvalue weighted by Crippen LogP contribution is 2.13. The van der Waals surface area contributed by atoms with E-state index in [1.165, 1.54) is 10.5 Å². The largest absolute Gasteiger partial charge is 0.332 e. The maximum absolute atomic E-state index is 12.1. The Bertz CT molecular complexity index is 450. The molecule has 1 N–H and O–H groups in total. The van der Waals surface area contributed by atoms with Gasteiger partial charge in [-0.1, -0.05) is 13.0 Å². The highest BCUT2D eigenvalue weighted by Gasteiger charge is 2.24. The van der Waals surface area contributed by atoms with E-state index in [9.17, 15) is 8.42 Å². The van der Waals surface area contributed by atoms with E-state index in [1.54, 1.807) is 13.0 Å². The number of rotatable bonds is 6. The topological polar surface area (TPSA) is 66.1 Å². The minimum atomic E-state index is -3.46. The van der Waals surface area contributed by atoms with Gasteiger partial charge in [-0.3, -0.25) is 0 Å². The van der Waals surface area contributed by atoms with E-state index < -0.39 is 10.0 Å². The first-order valence-electron chi connectivity index (χ1n) is 5.15. The van der Waals surface area contributed by atoms with Crippen molar-refractivity contribution >= 4 is 10.0 Å². The third-order valence-corrected chi connectivity index (χ3v) is 3.88. The summed E-state index contributed by atoms with van der Waals surface area (Å²) in [5.41, 5.74) is 0. The Balaban J connectivity index is 3.02. The van der Waals surface area contributed by atoms with E-state index >= 15 is 0 Å². The number of nitrogens with one attached hydrogen (secondary N) is 1. The smallest absolute Gasteiger partial charge is 0.260 e. The lowest BCUT2D eigenvalue weighted by atomic mass is 10.5. The molecule has 0 unspecified atom stereocenters. The van der Waals surface area contributed by atoms with E-state index in [4.69, 9.17) is 0 Å². The van der Waals surface area contributed by atoms with Crippen LogP contribution < -0.4 is 0 Å². The standard InChI is InChI=1S/C10H17N3O2S/c1-4-6-13(7-5-2)16(14,15)10-8-11-9(3)12-10/h4,8H,1,5-7H2,2-3H3,(H,11,12). The second-order valence-electron chi connectivity index (χ2n) is 3.48. The predicted molar refractivity (Wildman–Crippen MR) is 62.6 cm³/mol. The summed E-state index contributed by atoms with van der Waals surface area (Å²) in [6.07, 6.45) is 3.69. The molecule has 0 saturated carbocycles. The lowest BCUT2D eigenvalue weighted by molar-refractivity contribution is 0.439. The normalized spacial score (nSPS) is 11.9. The first kappa shape index (κ1) is 12.9. The summed E-state index contributed by atoms with van der Waals surface area (Å²) in [5.74, 6) is 0.591. The Kier molecular flexibility index (Phi) is 4.26. The molecule has 1 rings (SSSR count). The number of hydrogen-bond acceptors (Lipinski definition) is 3. The van der Waals surface area contributed by atoms with Crippen LogP contribution in [0, 0.1) is 6.92 Å². The molecule has 90 valence electrons. The zero-order valence-corrected chi connectivity index (χ0v) is 10.4. The van der Waals surface area contributed by atoms with Gasteiger partial charge in [0, 0.05) is 13.1 Å². The van der Waals surface area contributed by atoms with Gasteiger partial charge in [0.05, 0.1) is 6.20 Å². The van der Waals surface area contributed by atoms with E-state index in [2.05, 4.69) is 16.5 Å². The molecule has 0 aliphatic carbocycles. The van der Waals surface area contributed by atoms with Gasteiger partial charge in [-0.05, 0) is 13.3 Å². The second kappa shape index (κ2) is 5.27. The predicted octanol–water partition coefficient (Wildman–Crippen LogP) is 1.30. The number of nitrogens with zero attached hydrogens (tertiary/aromatic N) is 2. The van der Waals surface area contributed by atoms with Crippen molar-refractivity contribution in [1.29, 1.82) is 0 Å². The number of aromatic nitrogens is 2. The minimum absolute atomic E-state index is 0.139. The highest BCUT2D eigenvalue weighted by molar-refractivity contribution is 7.89. The summed E-state index contributed by atoms with van der Waals surface area (Å²) in [6, 6.07) is 0. The zero-order valence-electron chi connectivity index (χ0n) is 9.60. The van der Waals surface area contributed by atoms with Crippen molar-refractivity contribution in [1.82, 2.24) is 14.3 Å². The third-order valence-electron chi connectivity index (χ3n) is 2.10. The molecule has 0 aliphatic rings. The molecule has 1 aromatic rings. The Morgan fingerprint density at radius 1 is 1.62 bits per heavy atom. The van der Waals surface area contributed by atoms with Crippen LogP contribution in [0.4, 0.5) is 0 Å². The van der Waals surface area contributed by atoms with Gasteiger partial charge in [0.1, 0.15) is 5.82 Å². The maximum atomic E-state index is 12.1. The lowest BCUT2D eigenvalue weighted by Crippen LogP contribution is -2.32. The molecule has 0 saturated heterocycles. The van der Waals surface area contributed by atoms with Crippen LogP contribution in [0.2, 0.25) is 0 Å². The van der Waals surface area contributed by atoms with Crippen LogP contribution in [0.1, 0.15) is 19.2 Å². The molecule has 5 nitrogen and oxygen atoms in total. The van der Waals surface area contributed by atoms with Gasteiger partial charge in [-0.25, -0.2) is 13.4 Å². The van der Waals surface area contributed by atoms with Gasteiger partial charge in [-0.15, -0.1) is 6.58 Å². The molecule has 16 heavy (non-hydrogen) atoms. The van der Waals surface area contributed by atoms with Crippen molar-refractivity contribution in [3.63, 3.8) is 0 Å². The van der Waals surface area contributed by atoms with E-state index in [0.29, 0.717) is 18.9 Å². The quantitative estimate of drug-likeness (QED) is 0.766. The number of hydrogen-bond donors (Lipinski definition) is 1. The fourth-order valence-corrected chi connectivity index (χ4v) is 2.84. The van der Waals surface area contributed by atoms with Crippen LogP contribution in [-0.4, -0.2) is 35.8 Å². The van der Waals surface area contributed by atoms with Crippen molar-refractivity contribution < 1.29 is 8.42 Å². The third kappa shape index (κ3) is 2.70. The number of aryl methyl sites for hydroxylation is 1. The highest BCUT2D eigenvalue weighted by atomic mass is 32.2. The van der Waals surface area contributed by atoms with Gasteiger partial charge >= 0.3 is 0 Å². The molecule has 0 bridgehead atoms. The first-order chi connectivity index (χ1) is 7.52. The zero-order chi connectivity index (χ0) is 12.2.